The minimum atomic E-state index is 0.387. The Hall–Kier alpha value is -2.04. The van der Waals surface area contributed by atoms with E-state index in [0.717, 1.165) is 51.5 Å². The highest BCUT2D eigenvalue weighted by atomic mass is 16.5. The molecule has 0 aromatic heterocycles. The van der Waals surface area contributed by atoms with Gasteiger partial charge in [0.1, 0.15) is 5.75 Å². The Morgan fingerprint density at radius 3 is 2.57 bits per heavy atom. The van der Waals surface area contributed by atoms with Crippen LogP contribution in [0.2, 0.25) is 0 Å². The fraction of sp³-hybridized carbons (Fsp3) is 0.368. The molecule has 2 aromatic carbocycles. The zero-order chi connectivity index (χ0) is 15.6. The number of hydrogen-bond acceptors (Lipinski definition) is 4. The molecule has 0 spiro atoms. The molecule has 1 saturated heterocycles. The van der Waals surface area contributed by atoms with Gasteiger partial charge in [-0.2, -0.15) is 0 Å². The summed E-state index contributed by atoms with van der Waals surface area (Å²) in [4.78, 5) is 4.78. The summed E-state index contributed by atoms with van der Waals surface area (Å²) in [6.45, 7) is 6.26. The third-order valence-electron chi connectivity index (χ3n) is 4.74. The second-order valence-electron chi connectivity index (χ2n) is 6.33. The standard InChI is InChI=1S/C19H22N2O2/c22-19-4-2-1-3-16(19)13-20-12-15-5-6-18(11-17(15)14-20)21-7-9-23-10-8-21/h1-6,11,22H,7-10,12-14H2. The van der Waals surface area contributed by atoms with E-state index in [1.54, 1.807) is 6.07 Å². The summed E-state index contributed by atoms with van der Waals surface area (Å²) in [6, 6.07) is 14.4. The van der Waals surface area contributed by atoms with Gasteiger partial charge >= 0.3 is 0 Å². The number of anilines is 1. The van der Waals surface area contributed by atoms with Crippen LogP contribution < -0.4 is 4.90 Å². The molecule has 0 amide bonds. The highest BCUT2D eigenvalue weighted by Gasteiger charge is 2.21. The Bertz CT molecular complexity index is 696. The summed E-state index contributed by atoms with van der Waals surface area (Å²) < 4.78 is 5.43. The molecule has 2 aromatic rings. The second kappa shape index (κ2) is 6.22. The molecule has 0 aliphatic carbocycles. The summed E-state index contributed by atoms with van der Waals surface area (Å²) in [5.41, 5.74) is 5.10. The molecule has 23 heavy (non-hydrogen) atoms. The molecule has 0 atom stereocenters. The van der Waals surface area contributed by atoms with Crippen molar-refractivity contribution in [2.45, 2.75) is 19.6 Å². The summed E-state index contributed by atoms with van der Waals surface area (Å²) in [7, 11) is 0. The first-order valence-corrected chi connectivity index (χ1v) is 8.23. The van der Waals surface area contributed by atoms with E-state index in [1.807, 2.05) is 18.2 Å². The smallest absolute Gasteiger partial charge is 0.120 e. The second-order valence-corrected chi connectivity index (χ2v) is 6.33. The van der Waals surface area contributed by atoms with Crippen molar-refractivity contribution in [2.24, 2.45) is 0 Å². The van der Waals surface area contributed by atoms with E-state index in [2.05, 4.69) is 28.0 Å². The minimum Gasteiger partial charge on any atom is -0.508 e. The number of phenolic OH excluding ortho intramolecular Hbond substituents is 1. The average Bonchev–Trinajstić information content (AvgIpc) is 2.99. The molecule has 4 nitrogen and oxygen atoms in total. The Morgan fingerprint density at radius 2 is 1.74 bits per heavy atom. The number of morpholine rings is 1. The molecule has 120 valence electrons. The van der Waals surface area contributed by atoms with Crippen molar-refractivity contribution >= 4 is 5.69 Å². The van der Waals surface area contributed by atoms with E-state index in [1.165, 1.54) is 16.8 Å². The Balaban J connectivity index is 1.48. The summed E-state index contributed by atoms with van der Waals surface area (Å²) in [5.74, 6) is 0.387. The van der Waals surface area contributed by atoms with Gasteiger partial charge in [0.2, 0.25) is 0 Å². The highest BCUT2D eigenvalue weighted by molar-refractivity contribution is 5.52. The van der Waals surface area contributed by atoms with Gasteiger partial charge in [0.15, 0.2) is 0 Å². The van der Waals surface area contributed by atoms with Crippen LogP contribution in [0, 0.1) is 0 Å². The predicted octanol–water partition coefficient (Wildman–Crippen LogP) is 2.74. The summed E-state index contributed by atoms with van der Waals surface area (Å²) in [6.07, 6.45) is 0. The first-order valence-electron chi connectivity index (χ1n) is 8.23. The van der Waals surface area contributed by atoms with Crippen LogP contribution in [-0.4, -0.2) is 36.3 Å². The van der Waals surface area contributed by atoms with Crippen LogP contribution in [0.15, 0.2) is 42.5 Å². The fourth-order valence-corrected chi connectivity index (χ4v) is 3.47. The molecule has 1 fully saturated rings. The quantitative estimate of drug-likeness (QED) is 0.945. The van der Waals surface area contributed by atoms with Crippen LogP contribution in [-0.2, 0) is 24.4 Å². The van der Waals surface area contributed by atoms with E-state index in [4.69, 9.17) is 4.74 Å². The van der Waals surface area contributed by atoms with Gasteiger partial charge in [0.05, 0.1) is 13.2 Å². The lowest BCUT2D eigenvalue weighted by atomic mass is 10.1. The van der Waals surface area contributed by atoms with E-state index in [9.17, 15) is 5.11 Å². The lowest BCUT2D eigenvalue weighted by Crippen LogP contribution is -2.36. The van der Waals surface area contributed by atoms with Crippen molar-refractivity contribution in [3.8, 4) is 5.75 Å². The Morgan fingerprint density at radius 1 is 0.957 bits per heavy atom. The maximum atomic E-state index is 9.96. The van der Waals surface area contributed by atoms with Crippen LogP contribution in [0.3, 0.4) is 0 Å². The number of hydrogen-bond donors (Lipinski definition) is 1. The number of phenols is 1. The molecule has 4 heteroatoms. The summed E-state index contributed by atoms with van der Waals surface area (Å²) >= 11 is 0. The van der Waals surface area contributed by atoms with Crippen molar-refractivity contribution in [1.82, 2.24) is 4.90 Å². The largest absolute Gasteiger partial charge is 0.508 e. The van der Waals surface area contributed by atoms with Crippen molar-refractivity contribution in [1.29, 1.82) is 0 Å². The number of fused-ring (bicyclic) bond motifs is 1. The maximum absolute atomic E-state index is 9.96. The molecule has 2 aliphatic heterocycles. The zero-order valence-electron chi connectivity index (χ0n) is 13.2. The Kier molecular flexibility index (Phi) is 3.93. The Labute approximate surface area is 136 Å². The predicted molar refractivity (Wildman–Crippen MR) is 90.5 cm³/mol. The molecule has 0 saturated carbocycles. The van der Waals surface area contributed by atoms with Crippen LogP contribution in [0.25, 0.3) is 0 Å². The molecule has 2 heterocycles. The van der Waals surface area contributed by atoms with Crippen molar-refractivity contribution in [3.63, 3.8) is 0 Å². The molecule has 4 rings (SSSR count). The maximum Gasteiger partial charge on any atom is 0.120 e. The lowest BCUT2D eigenvalue weighted by Gasteiger charge is -2.29. The number of para-hydroxylation sites is 1. The number of ether oxygens (including phenoxy) is 1. The number of benzene rings is 2. The van der Waals surface area contributed by atoms with Crippen molar-refractivity contribution < 1.29 is 9.84 Å². The molecular formula is C19H22N2O2. The van der Waals surface area contributed by atoms with Crippen LogP contribution in [0.4, 0.5) is 5.69 Å². The molecule has 2 aliphatic rings. The molecule has 1 N–H and O–H groups in total. The highest BCUT2D eigenvalue weighted by Crippen LogP contribution is 2.30. The monoisotopic (exact) mass is 310 g/mol. The third-order valence-corrected chi connectivity index (χ3v) is 4.74. The lowest BCUT2D eigenvalue weighted by molar-refractivity contribution is 0.122. The van der Waals surface area contributed by atoms with Crippen LogP contribution >= 0.6 is 0 Å². The van der Waals surface area contributed by atoms with Gasteiger partial charge in [0.25, 0.3) is 0 Å². The van der Waals surface area contributed by atoms with Gasteiger partial charge < -0.3 is 14.7 Å². The first-order chi connectivity index (χ1) is 11.3. The van der Waals surface area contributed by atoms with Crippen molar-refractivity contribution in [2.75, 3.05) is 31.2 Å². The van der Waals surface area contributed by atoms with Gasteiger partial charge in [-0.15, -0.1) is 0 Å². The minimum absolute atomic E-state index is 0.387. The SMILES string of the molecule is Oc1ccccc1CN1Cc2ccc(N3CCOCC3)cc2C1. The van der Waals surface area contributed by atoms with Crippen molar-refractivity contribution in [3.05, 3.63) is 59.2 Å². The third kappa shape index (κ3) is 3.05. The average molecular weight is 310 g/mol. The summed E-state index contributed by atoms with van der Waals surface area (Å²) in [5, 5.41) is 9.96. The number of rotatable bonds is 3. The molecular weight excluding hydrogens is 288 g/mol. The van der Waals surface area contributed by atoms with Crippen LogP contribution in [0.1, 0.15) is 16.7 Å². The number of nitrogens with zero attached hydrogens (tertiary/aromatic N) is 2. The van der Waals surface area contributed by atoms with Gasteiger partial charge in [-0.05, 0) is 29.3 Å². The first kappa shape index (κ1) is 14.5. The van der Waals surface area contributed by atoms with Gasteiger partial charge in [-0.25, -0.2) is 0 Å². The van der Waals surface area contributed by atoms with Crippen LogP contribution in [0.5, 0.6) is 5.75 Å². The van der Waals surface area contributed by atoms with E-state index < -0.39 is 0 Å². The fourth-order valence-electron chi connectivity index (χ4n) is 3.47. The van der Waals surface area contributed by atoms with Gasteiger partial charge in [-0.3, -0.25) is 4.90 Å². The molecule has 0 unspecified atom stereocenters. The topological polar surface area (TPSA) is 35.9 Å². The normalized spacial score (nSPS) is 18.2. The number of aromatic hydroxyl groups is 1. The zero-order valence-corrected chi connectivity index (χ0v) is 13.2. The van der Waals surface area contributed by atoms with E-state index >= 15 is 0 Å². The molecule has 0 radical (unpaired) electrons. The van der Waals surface area contributed by atoms with E-state index in [0.29, 0.717) is 5.75 Å². The molecule has 0 bridgehead atoms. The van der Waals surface area contributed by atoms with Gasteiger partial charge in [0, 0.05) is 44.0 Å². The van der Waals surface area contributed by atoms with E-state index in [-0.39, 0.29) is 0 Å². The van der Waals surface area contributed by atoms with Gasteiger partial charge in [-0.1, -0.05) is 24.3 Å².